The lowest BCUT2D eigenvalue weighted by Gasteiger charge is -2.13. The van der Waals surface area contributed by atoms with Crippen LogP contribution in [-0.2, 0) is 12.8 Å². The van der Waals surface area contributed by atoms with Gasteiger partial charge in [-0.05, 0) is 25.3 Å². The van der Waals surface area contributed by atoms with Crippen LogP contribution in [0.15, 0.2) is 18.3 Å². The van der Waals surface area contributed by atoms with Gasteiger partial charge >= 0.3 is 0 Å². The maximum atomic E-state index is 8.95. The number of nitrogen functional groups attached to an aromatic ring is 2. The number of nitrogens with zero attached hydrogens (tertiary/aromatic N) is 3. The van der Waals surface area contributed by atoms with Gasteiger partial charge < -0.3 is 26.0 Å². The molecule has 8 heteroatoms. The van der Waals surface area contributed by atoms with Gasteiger partial charge in [0.05, 0.1) is 18.9 Å². The third kappa shape index (κ3) is 5.46. The number of rotatable bonds is 10. The molecule has 2 aromatic heterocycles. The Labute approximate surface area is 147 Å². The molecule has 2 rings (SSSR count). The predicted octanol–water partition coefficient (Wildman–Crippen LogP) is 1.37. The van der Waals surface area contributed by atoms with E-state index in [-0.39, 0.29) is 18.4 Å². The summed E-state index contributed by atoms with van der Waals surface area (Å²) >= 11 is 0. The topological polar surface area (TPSA) is 129 Å². The van der Waals surface area contributed by atoms with Crippen LogP contribution in [0.1, 0.15) is 31.0 Å². The number of nitrogens with two attached hydrogens (primary N) is 2. The van der Waals surface area contributed by atoms with Crippen molar-refractivity contribution in [3.63, 3.8) is 0 Å². The largest absolute Gasteiger partial charge is 0.488 e. The Balaban J connectivity index is 1.83. The molecule has 0 atom stereocenters. The fourth-order valence-corrected chi connectivity index (χ4v) is 2.35. The fraction of sp³-hybridized carbons (Fsp3) is 0.471. The first-order valence-corrected chi connectivity index (χ1v) is 8.37. The van der Waals surface area contributed by atoms with Crippen LogP contribution in [0, 0.1) is 0 Å². The van der Waals surface area contributed by atoms with Crippen molar-refractivity contribution >= 4 is 11.8 Å². The van der Waals surface area contributed by atoms with E-state index in [1.54, 1.807) is 6.20 Å². The van der Waals surface area contributed by atoms with Crippen molar-refractivity contribution < 1.29 is 14.6 Å². The van der Waals surface area contributed by atoms with Gasteiger partial charge in [-0.15, -0.1) is 0 Å². The minimum absolute atomic E-state index is 0.146. The minimum Gasteiger partial charge on any atom is -0.488 e. The number of aromatic nitrogens is 3. The van der Waals surface area contributed by atoms with Gasteiger partial charge in [0, 0.05) is 24.8 Å². The van der Waals surface area contributed by atoms with Gasteiger partial charge in [-0.25, -0.2) is 9.97 Å². The van der Waals surface area contributed by atoms with Crippen molar-refractivity contribution in [1.29, 1.82) is 0 Å². The maximum absolute atomic E-state index is 8.95. The molecule has 25 heavy (non-hydrogen) atoms. The molecule has 0 radical (unpaired) electrons. The van der Waals surface area contributed by atoms with Crippen LogP contribution in [0.25, 0.3) is 0 Å². The van der Waals surface area contributed by atoms with Crippen LogP contribution < -0.4 is 20.9 Å². The van der Waals surface area contributed by atoms with E-state index >= 15 is 0 Å². The van der Waals surface area contributed by atoms with Crippen molar-refractivity contribution in [3.8, 4) is 11.6 Å². The number of hydrogen-bond acceptors (Lipinski definition) is 8. The van der Waals surface area contributed by atoms with E-state index in [2.05, 4.69) is 15.0 Å². The summed E-state index contributed by atoms with van der Waals surface area (Å²) in [5.41, 5.74) is 13.1. The van der Waals surface area contributed by atoms with E-state index in [1.807, 2.05) is 19.1 Å². The highest BCUT2D eigenvalue weighted by Crippen LogP contribution is 2.24. The molecular formula is C17H25N5O3. The lowest BCUT2D eigenvalue weighted by molar-refractivity contribution is 0.238. The Morgan fingerprint density at radius 3 is 2.68 bits per heavy atom. The lowest BCUT2D eigenvalue weighted by Crippen LogP contribution is -2.11. The minimum atomic E-state index is 0.146. The molecule has 0 bridgehead atoms. The molecule has 136 valence electrons. The number of aryl methyl sites for hydroxylation is 2. The smallest absolute Gasteiger partial charge is 0.222 e. The average Bonchev–Trinajstić information content (AvgIpc) is 2.61. The Hall–Kier alpha value is -2.61. The maximum Gasteiger partial charge on any atom is 0.222 e. The third-order valence-corrected chi connectivity index (χ3v) is 3.54. The standard InChI is InChI=1S/C17H25N5O3/c1-2-13-14(15(18)22-17(19)21-13)24-10-5-11-25-16-12(7-4-9-23)6-3-8-20-16/h3,6,8,23H,2,4-5,7,9-11H2,1H3,(H4,18,19,21,22). The summed E-state index contributed by atoms with van der Waals surface area (Å²) in [5, 5.41) is 8.95. The quantitative estimate of drug-likeness (QED) is 0.550. The molecule has 5 N–H and O–H groups in total. The van der Waals surface area contributed by atoms with E-state index in [4.69, 9.17) is 26.0 Å². The zero-order valence-electron chi connectivity index (χ0n) is 14.4. The molecule has 0 aromatic carbocycles. The normalized spacial score (nSPS) is 10.6. The van der Waals surface area contributed by atoms with E-state index in [1.165, 1.54) is 0 Å². The Kier molecular flexibility index (Phi) is 7.21. The first-order valence-electron chi connectivity index (χ1n) is 8.37. The lowest BCUT2D eigenvalue weighted by atomic mass is 10.1. The van der Waals surface area contributed by atoms with Gasteiger partial charge in [-0.2, -0.15) is 4.98 Å². The van der Waals surface area contributed by atoms with E-state index in [9.17, 15) is 0 Å². The second-order valence-corrected chi connectivity index (χ2v) is 5.44. The Bertz CT molecular complexity index is 681. The van der Waals surface area contributed by atoms with Crippen LogP contribution in [0.5, 0.6) is 11.6 Å². The summed E-state index contributed by atoms with van der Waals surface area (Å²) in [6.07, 6.45) is 4.42. The molecule has 0 amide bonds. The first-order chi connectivity index (χ1) is 12.2. The number of hydrogen-bond donors (Lipinski definition) is 3. The molecule has 0 fully saturated rings. The SMILES string of the molecule is CCc1nc(N)nc(N)c1OCCCOc1ncccc1CCCO. The first kappa shape index (κ1) is 18.7. The van der Waals surface area contributed by atoms with Crippen LogP contribution in [0.3, 0.4) is 0 Å². The van der Waals surface area contributed by atoms with Crippen LogP contribution >= 0.6 is 0 Å². The van der Waals surface area contributed by atoms with Crippen molar-refractivity contribution in [3.05, 3.63) is 29.6 Å². The van der Waals surface area contributed by atoms with Gasteiger partial charge in [-0.3, -0.25) is 0 Å². The molecule has 0 aliphatic carbocycles. The molecule has 0 aliphatic heterocycles. The molecule has 2 aromatic rings. The highest BCUT2D eigenvalue weighted by atomic mass is 16.5. The molecule has 0 spiro atoms. The molecular weight excluding hydrogens is 322 g/mol. The predicted molar refractivity (Wildman–Crippen MR) is 95.5 cm³/mol. The second kappa shape index (κ2) is 9.63. The highest BCUT2D eigenvalue weighted by Gasteiger charge is 2.11. The third-order valence-electron chi connectivity index (χ3n) is 3.54. The number of anilines is 2. The number of aliphatic hydroxyl groups excluding tert-OH is 1. The summed E-state index contributed by atoms with van der Waals surface area (Å²) in [6, 6.07) is 3.81. The van der Waals surface area contributed by atoms with Gasteiger partial charge in [0.1, 0.15) is 0 Å². The van der Waals surface area contributed by atoms with Gasteiger partial charge in [-0.1, -0.05) is 13.0 Å². The molecule has 0 saturated carbocycles. The Morgan fingerprint density at radius 1 is 1.12 bits per heavy atom. The molecule has 0 saturated heterocycles. The van der Waals surface area contributed by atoms with Gasteiger partial charge in [0.15, 0.2) is 11.6 Å². The van der Waals surface area contributed by atoms with Gasteiger partial charge in [0.2, 0.25) is 11.8 Å². The summed E-state index contributed by atoms with van der Waals surface area (Å²) in [6.45, 7) is 2.98. The zero-order valence-corrected chi connectivity index (χ0v) is 14.4. The summed E-state index contributed by atoms with van der Waals surface area (Å²) in [5.74, 6) is 1.48. The van der Waals surface area contributed by atoms with E-state index < -0.39 is 0 Å². The second-order valence-electron chi connectivity index (χ2n) is 5.44. The Morgan fingerprint density at radius 2 is 1.92 bits per heavy atom. The van der Waals surface area contributed by atoms with Crippen molar-refractivity contribution in [1.82, 2.24) is 15.0 Å². The average molecular weight is 347 g/mol. The molecule has 0 aliphatic rings. The monoisotopic (exact) mass is 347 g/mol. The van der Waals surface area contributed by atoms with E-state index in [0.29, 0.717) is 49.8 Å². The number of aliphatic hydroxyl groups is 1. The van der Waals surface area contributed by atoms with Gasteiger partial charge in [0.25, 0.3) is 0 Å². The van der Waals surface area contributed by atoms with Crippen molar-refractivity contribution in [2.45, 2.75) is 32.6 Å². The number of pyridine rings is 1. The molecule has 0 unspecified atom stereocenters. The van der Waals surface area contributed by atoms with Crippen molar-refractivity contribution in [2.75, 3.05) is 31.3 Å². The van der Waals surface area contributed by atoms with Crippen LogP contribution in [0.2, 0.25) is 0 Å². The summed E-state index contributed by atoms with van der Waals surface area (Å²) < 4.78 is 11.4. The fourth-order valence-electron chi connectivity index (χ4n) is 2.35. The summed E-state index contributed by atoms with van der Waals surface area (Å²) in [7, 11) is 0. The van der Waals surface area contributed by atoms with Crippen molar-refractivity contribution in [2.24, 2.45) is 0 Å². The molecule has 2 heterocycles. The highest BCUT2D eigenvalue weighted by molar-refractivity contribution is 5.51. The van der Waals surface area contributed by atoms with Crippen LogP contribution in [-0.4, -0.2) is 39.9 Å². The summed E-state index contributed by atoms with van der Waals surface area (Å²) in [4.78, 5) is 12.3. The molecule has 8 nitrogen and oxygen atoms in total. The van der Waals surface area contributed by atoms with Crippen LogP contribution in [0.4, 0.5) is 11.8 Å². The van der Waals surface area contributed by atoms with E-state index in [0.717, 1.165) is 12.0 Å². The zero-order chi connectivity index (χ0) is 18.1. The number of ether oxygens (including phenoxy) is 2.